The van der Waals surface area contributed by atoms with Crippen LogP contribution in [-0.2, 0) is 11.2 Å². The van der Waals surface area contributed by atoms with Crippen LogP contribution in [0.4, 0.5) is 14.9 Å². The number of likely N-dealkylation sites (tertiary alicyclic amines) is 1. The largest absolute Gasteiger partial charge is 0.428 e. The van der Waals surface area contributed by atoms with Crippen LogP contribution in [0.5, 0.6) is 0 Å². The fraction of sp³-hybridized carbons (Fsp3) is 0.250. The summed E-state index contributed by atoms with van der Waals surface area (Å²) in [5.74, 6) is 0.237. The summed E-state index contributed by atoms with van der Waals surface area (Å²) >= 11 is 0. The second-order valence-electron chi connectivity index (χ2n) is 9.13. The Hall–Kier alpha value is -3.84. The molecule has 5 rings (SSSR count). The molecule has 1 aliphatic heterocycles. The molecule has 0 bridgehead atoms. The van der Waals surface area contributed by atoms with Crippen molar-refractivity contribution in [2.24, 2.45) is 0 Å². The average molecular weight is 472 g/mol. The number of halogens is 1. The summed E-state index contributed by atoms with van der Waals surface area (Å²) in [5, 5.41) is 2.97. The third-order valence-electron chi connectivity index (χ3n) is 7.04. The summed E-state index contributed by atoms with van der Waals surface area (Å²) in [4.78, 5) is 35.2. The number of aromatic amines is 1. The van der Waals surface area contributed by atoms with Crippen LogP contribution in [0, 0.1) is 5.82 Å². The molecule has 0 radical (unpaired) electrons. The summed E-state index contributed by atoms with van der Waals surface area (Å²) in [6.07, 6.45) is 2.21. The molecule has 1 aromatic heterocycles. The highest BCUT2D eigenvalue weighted by molar-refractivity contribution is 5.96. The summed E-state index contributed by atoms with van der Waals surface area (Å²) in [6.45, 7) is 2.41. The number of hydrogen-bond acceptors (Lipinski definition) is 3. The van der Waals surface area contributed by atoms with E-state index in [4.69, 9.17) is 0 Å². The van der Waals surface area contributed by atoms with Gasteiger partial charge < -0.3 is 4.98 Å². The number of rotatable bonds is 5. The number of carbonyl (C=O) groups excluding carboxylic acids is 2. The lowest BCUT2D eigenvalue weighted by Crippen LogP contribution is -2.60. The fourth-order valence-corrected chi connectivity index (χ4v) is 5.13. The number of carbonyl (C=O) groups is 2. The maximum Gasteiger partial charge on any atom is 0.428 e. The van der Waals surface area contributed by atoms with Crippen LogP contribution >= 0.6 is 0 Å². The smallest absolute Gasteiger partial charge is 0.342 e. The molecule has 35 heavy (non-hydrogen) atoms. The number of imidazole rings is 1. The number of fused-ring (bicyclic) bond motifs is 1. The van der Waals surface area contributed by atoms with Gasteiger partial charge in [0.25, 0.3) is 0 Å². The molecule has 3 amide bonds. The molecule has 3 aromatic carbocycles. The minimum atomic E-state index is -0.367. The van der Waals surface area contributed by atoms with Crippen molar-refractivity contribution in [3.63, 3.8) is 0 Å². The zero-order chi connectivity index (χ0) is 24.4. The van der Waals surface area contributed by atoms with Crippen LogP contribution in [0.15, 0.2) is 72.8 Å². The van der Waals surface area contributed by atoms with E-state index in [0.717, 1.165) is 29.7 Å². The first kappa shape index (κ1) is 22.9. The molecule has 178 valence electrons. The molecule has 0 aliphatic carbocycles. The molecule has 1 unspecified atom stereocenters. The van der Waals surface area contributed by atoms with E-state index in [1.807, 2.05) is 31.2 Å². The van der Waals surface area contributed by atoms with Crippen LogP contribution in [0.2, 0.25) is 0 Å². The lowest BCUT2D eigenvalue weighted by atomic mass is 10.0. The third kappa shape index (κ3) is 4.23. The maximum atomic E-state index is 14.5. The number of benzene rings is 3. The van der Waals surface area contributed by atoms with Crippen molar-refractivity contribution < 1.29 is 18.5 Å². The van der Waals surface area contributed by atoms with Gasteiger partial charge in [-0.15, -0.1) is 0 Å². The summed E-state index contributed by atoms with van der Waals surface area (Å²) in [6, 6.07) is 20.8. The number of urea groups is 1. The third-order valence-corrected chi connectivity index (χ3v) is 7.04. The zero-order valence-corrected chi connectivity index (χ0v) is 19.6. The minimum Gasteiger partial charge on any atom is -0.342 e. The SMILES string of the molecule is C[C@@H]1CCC[N+]1(C(=O)CCc1nc2ccccc2[nH]1)C(=O)Nc1ccccc1-c1ccccc1F. The first-order valence-corrected chi connectivity index (χ1v) is 12.0. The Morgan fingerprint density at radius 2 is 1.74 bits per heavy atom. The highest BCUT2D eigenvalue weighted by Gasteiger charge is 2.52. The molecular formula is C28H28FN4O2+. The Bertz CT molecular complexity index is 1370. The quantitative estimate of drug-likeness (QED) is 0.348. The average Bonchev–Trinajstić information content (AvgIpc) is 3.47. The van der Waals surface area contributed by atoms with Crippen molar-refractivity contribution >= 4 is 28.7 Å². The summed E-state index contributed by atoms with van der Waals surface area (Å²) in [7, 11) is 0. The van der Waals surface area contributed by atoms with Gasteiger partial charge in [0.05, 0.1) is 29.7 Å². The van der Waals surface area contributed by atoms with E-state index in [0.29, 0.717) is 29.8 Å². The molecule has 2 atom stereocenters. The molecule has 6 nitrogen and oxygen atoms in total. The number of para-hydroxylation sites is 3. The number of aryl methyl sites for hydroxylation is 1. The molecule has 2 heterocycles. The van der Waals surface area contributed by atoms with Gasteiger partial charge in [0.15, 0.2) is 0 Å². The number of amides is 3. The van der Waals surface area contributed by atoms with E-state index >= 15 is 0 Å². The van der Waals surface area contributed by atoms with Gasteiger partial charge in [-0.3, -0.25) is 5.32 Å². The second-order valence-corrected chi connectivity index (χ2v) is 9.13. The fourth-order valence-electron chi connectivity index (χ4n) is 5.13. The summed E-state index contributed by atoms with van der Waals surface area (Å²) in [5.41, 5.74) is 3.26. The molecular weight excluding hydrogens is 443 g/mol. The normalized spacial score (nSPS) is 19.7. The van der Waals surface area contributed by atoms with Crippen LogP contribution in [-0.4, -0.2) is 39.0 Å². The Kier molecular flexibility index (Phi) is 6.17. The van der Waals surface area contributed by atoms with E-state index in [1.54, 1.807) is 42.5 Å². The number of H-pyrrole nitrogens is 1. The first-order chi connectivity index (χ1) is 17.0. The predicted molar refractivity (Wildman–Crippen MR) is 134 cm³/mol. The molecule has 1 aliphatic rings. The van der Waals surface area contributed by atoms with Crippen molar-refractivity contribution in [2.45, 2.75) is 38.6 Å². The van der Waals surface area contributed by atoms with Crippen LogP contribution in [0.3, 0.4) is 0 Å². The Labute approximate surface area is 203 Å². The van der Waals surface area contributed by atoms with Crippen molar-refractivity contribution in [3.8, 4) is 11.1 Å². The maximum absolute atomic E-state index is 14.5. The van der Waals surface area contributed by atoms with Gasteiger partial charge in [-0.1, -0.05) is 48.5 Å². The van der Waals surface area contributed by atoms with Gasteiger partial charge in [-0.2, -0.15) is 4.48 Å². The monoisotopic (exact) mass is 471 g/mol. The van der Waals surface area contributed by atoms with E-state index < -0.39 is 0 Å². The van der Waals surface area contributed by atoms with Crippen molar-refractivity contribution in [1.82, 2.24) is 9.97 Å². The van der Waals surface area contributed by atoms with Crippen LogP contribution in [0.25, 0.3) is 22.2 Å². The molecule has 0 saturated carbocycles. The number of anilines is 1. The molecule has 1 fully saturated rings. The molecule has 4 aromatic rings. The Morgan fingerprint density at radius 1 is 1.03 bits per heavy atom. The van der Waals surface area contributed by atoms with Gasteiger partial charge in [0.2, 0.25) is 0 Å². The lowest BCUT2D eigenvalue weighted by Gasteiger charge is -2.33. The number of nitrogens with zero attached hydrogens (tertiary/aromatic N) is 2. The number of imide groups is 1. The number of hydrogen-bond donors (Lipinski definition) is 2. The highest BCUT2D eigenvalue weighted by Crippen LogP contribution is 2.34. The van der Waals surface area contributed by atoms with E-state index in [2.05, 4.69) is 15.3 Å². The van der Waals surface area contributed by atoms with Gasteiger partial charge in [0, 0.05) is 30.4 Å². The van der Waals surface area contributed by atoms with Crippen molar-refractivity contribution in [1.29, 1.82) is 0 Å². The van der Waals surface area contributed by atoms with E-state index in [1.165, 1.54) is 6.07 Å². The van der Waals surface area contributed by atoms with Gasteiger partial charge in [0.1, 0.15) is 17.7 Å². The minimum absolute atomic E-state index is 0.128. The highest BCUT2D eigenvalue weighted by atomic mass is 19.1. The van der Waals surface area contributed by atoms with Gasteiger partial charge in [-0.25, -0.2) is 19.0 Å². The number of aromatic nitrogens is 2. The van der Waals surface area contributed by atoms with E-state index in [9.17, 15) is 14.0 Å². The van der Waals surface area contributed by atoms with Gasteiger partial charge in [-0.05, 0) is 31.2 Å². The second kappa shape index (κ2) is 9.43. The predicted octanol–water partition coefficient (Wildman–Crippen LogP) is 6.06. The molecule has 2 N–H and O–H groups in total. The van der Waals surface area contributed by atoms with Crippen LogP contribution < -0.4 is 5.32 Å². The zero-order valence-electron chi connectivity index (χ0n) is 19.6. The lowest BCUT2D eigenvalue weighted by molar-refractivity contribution is -0.782. The molecule has 0 spiro atoms. The molecule has 7 heteroatoms. The van der Waals surface area contributed by atoms with Crippen LogP contribution in [0.1, 0.15) is 32.0 Å². The van der Waals surface area contributed by atoms with Crippen molar-refractivity contribution in [2.75, 3.05) is 11.9 Å². The Balaban J connectivity index is 1.39. The Morgan fingerprint density at radius 3 is 2.49 bits per heavy atom. The van der Waals surface area contributed by atoms with Gasteiger partial charge >= 0.3 is 11.9 Å². The first-order valence-electron chi connectivity index (χ1n) is 12.0. The standard InChI is InChI=1S/C28H27FN4O2/c1-19-9-8-18-33(19,27(34)17-16-26-30-24-14-6-7-15-25(24)31-26)28(35)32-23-13-5-3-11-21(23)20-10-2-4-12-22(20)29/h2-7,10-15,19H,8-9,16-18H2,1H3,(H-,30,31,32,35)/p+1/t19-,33?/m1/s1. The molecule has 1 saturated heterocycles. The van der Waals surface area contributed by atoms with E-state index in [-0.39, 0.29) is 34.7 Å². The summed E-state index contributed by atoms with van der Waals surface area (Å²) < 4.78 is 14.3. The number of quaternary nitrogens is 1. The van der Waals surface area contributed by atoms with Crippen molar-refractivity contribution in [3.05, 3.63) is 84.4 Å². The topological polar surface area (TPSA) is 74.8 Å². The number of nitrogens with one attached hydrogen (secondary N) is 2.